The first-order valence-corrected chi connectivity index (χ1v) is 9.23. The zero-order valence-corrected chi connectivity index (χ0v) is 17.1. The Hall–Kier alpha value is -2.80. The molecule has 2 heterocycles. The van der Waals surface area contributed by atoms with E-state index in [-0.39, 0.29) is 0 Å². The van der Waals surface area contributed by atoms with Crippen molar-refractivity contribution in [1.82, 2.24) is 9.55 Å². The molecule has 0 aliphatic rings. The molecule has 0 saturated heterocycles. The van der Waals surface area contributed by atoms with Crippen molar-refractivity contribution >= 4 is 22.5 Å². The van der Waals surface area contributed by atoms with Gasteiger partial charge in [0.15, 0.2) is 0 Å². The van der Waals surface area contributed by atoms with Crippen molar-refractivity contribution in [2.75, 3.05) is 0 Å². The van der Waals surface area contributed by atoms with Gasteiger partial charge in [0.25, 0.3) is 5.09 Å². The average molecular weight is 406 g/mol. The molecular formula is C20H24ClN3O4. The molecule has 3 rings (SSSR count). The first-order valence-electron chi connectivity index (χ1n) is 8.85. The van der Waals surface area contributed by atoms with Crippen LogP contribution in [0.15, 0.2) is 36.5 Å². The number of halogens is 1. The lowest BCUT2D eigenvalue weighted by atomic mass is 10.2. The van der Waals surface area contributed by atoms with Gasteiger partial charge in [0.1, 0.15) is 12.1 Å². The van der Waals surface area contributed by atoms with Gasteiger partial charge in [-0.25, -0.2) is 4.98 Å². The average Bonchev–Trinajstić information content (AvgIpc) is 2.86. The van der Waals surface area contributed by atoms with Gasteiger partial charge < -0.3 is 14.5 Å². The van der Waals surface area contributed by atoms with Crippen LogP contribution in [0.5, 0.6) is 5.88 Å². The number of fused-ring (bicyclic) bond motifs is 1. The predicted octanol–water partition coefficient (Wildman–Crippen LogP) is 5.19. The summed E-state index contributed by atoms with van der Waals surface area (Å²) in [5.41, 5.74) is 4.75. The van der Waals surface area contributed by atoms with Gasteiger partial charge >= 0.3 is 0 Å². The Labute approximate surface area is 168 Å². The molecule has 8 heteroatoms. The monoisotopic (exact) mass is 405 g/mol. The molecule has 0 spiro atoms. The van der Waals surface area contributed by atoms with Gasteiger partial charge in [0.05, 0.1) is 0 Å². The number of aryl methyl sites for hydroxylation is 1. The van der Waals surface area contributed by atoms with Gasteiger partial charge in [-0.05, 0) is 49.1 Å². The van der Waals surface area contributed by atoms with Crippen LogP contribution in [0.1, 0.15) is 30.7 Å². The van der Waals surface area contributed by atoms with E-state index < -0.39 is 5.09 Å². The van der Waals surface area contributed by atoms with E-state index in [1.54, 1.807) is 0 Å². The highest BCUT2D eigenvalue weighted by Gasteiger charge is 2.17. The summed E-state index contributed by atoms with van der Waals surface area (Å²) in [6.45, 7) is 10.2. The minimum absolute atomic E-state index is 0.480. The fourth-order valence-electron chi connectivity index (χ4n) is 2.99. The molecule has 0 atom stereocenters. The van der Waals surface area contributed by atoms with Crippen molar-refractivity contribution in [3.05, 3.63) is 68.5 Å². The minimum atomic E-state index is -1.50. The van der Waals surface area contributed by atoms with Crippen LogP contribution in [-0.2, 0) is 13.2 Å². The van der Waals surface area contributed by atoms with Crippen LogP contribution in [0, 0.1) is 29.9 Å². The van der Waals surface area contributed by atoms with Gasteiger partial charge in [-0.3, -0.25) is 0 Å². The molecular weight excluding hydrogens is 382 g/mol. The molecule has 0 radical (unpaired) electrons. The third kappa shape index (κ3) is 5.36. The van der Waals surface area contributed by atoms with Crippen LogP contribution < -0.4 is 4.74 Å². The van der Waals surface area contributed by atoms with E-state index >= 15 is 0 Å². The fourth-order valence-corrected chi connectivity index (χ4v) is 3.12. The molecule has 7 nitrogen and oxygen atoms in total. The highest BCUT2D eigenvalue weighted by Crippen LogP contribution is 2.32. The SMILES string of the molecule is Cc1c(C)n(CC(C)C)c2c(OCc3ccc(Cl)cc3)nccc12.O=[N+]([O-])O. The highest BCUT2D eigenvalue weighted by molar-refractivity contribution is 6.30. The highest BCUT2D eigenvalue weighted by atomic mass is 35.5. The Morgan fingerprint density at radius 3 is 2.43 bits per heavy atom. The number of ether oxygens (including phenoxy) is 1. The third-order valence-corrected chi connectivity index (χ3v) is 4.60. The zero-order chi connectivity index (χ0) is 20.8. The van der Waals surface area contributed by atoms with E-state index in [1.165, 1.54) is 16.6 Å². The number of nitrogens with zero attached hydrogens (tertiary/aromatic N) is 3. The quantitative estimate of drug-likeness (QED) is 0.465. The van der Waals surface area contributed by atoms with Crippen LogP contribution in [0.25, 0.3) is 10.9 Å². The predicted molar refractivity (Wildman–Crippen MR) is 109 cm³/mol. The first-order chi connectivity index (χ1) is 13.2. The summed E-state index contributed by atoms with van der Waals surface area (Å²) in [4.78, 5) is 12.9. The van der Waals surface area contributed by atoms with Crippen LogP contribution in [0.2, 0.25) is 5.02 Å². The van der Waals surface area contributed by atoms with E-state index in [0.717, 1.165) is 22.6 Å². The summed E-state index contributed by atoms with van der Waals surface area (Å²) in [5, 5.41) is 15.6. The molecule has 28 heavy (non-hydrogen) atoms. The second-order valence-corrected chi connectivity index (χ2v) is 7.32. The number of benzene rings is 1. The second kappa shape index (κ2) is 9.41. The summed E-state index contributed by atoms with van der Waals surface area (Å²) in [6, 6.07) is 9.79. The van der Waals surface area contributed by atoms with E-state index in [4.69, 9.17) is 31.7 Å². The van der Waals surface area contributed by atoms with Gasteiger partial charge in [0, 0.05) is 28.8 Å². The number of hydrogen-bond acceptors (Lipinski definition) is 4. The van der Waals surface area contributed by atoms with Gasteiger partial charge in [-0.15, -0.1) is 10.1 Å². The number of hydrogen-bond donors (Lipinski definition) is 1. The summed E-state index contributed by atoms with van der Waals surface area (Å²) < 4.78 is 8.39. The van der Waals surface area contributed by atoms with E-state index in [0.29, 0.717) is 18.4 Å². The van der Waals surface area contributed by atoms with Crippen LogP contribution in [0.4, 0.5) is 0 Å². The number of aromatic nitrogens is 2. The normalized spacial score (nSPS) is 10.6. The van der Waals surface area contributed by atoms with E-state index in [1.807, 2.05) is 30.5 Å². The van der Waals surface area contributed by atoms with Gasteiger partial charge in [0.2, 0.25) is 5.88 Å². The van der Waals surface area contributed by atoms with Crippen molar-refractivity contribution in [2.45, 2.75) is 40.8 Å². The molecule has 1 aromatic carbocycles. The molecule has 0 aliphatic heterocycles. The fraction of sp³-hybridized carbons (Fsp3) is 0.350. The van der Waals surface area contributed by atoms with E-state index in [9.17, 15) is 0 Å². The number of pyridine rings is 1. The maximum atomic E-state index is 8.36. The standard InChI is InChI=1S/C20H23ClN2O.HNO3/c1-13(2)11-23-15(4)14(3)18-9-10-22-20(19(18)23)24-12-16-5-7-17(21)8-6-16;2-1(3)4/h5-10,13H,11-12H2,1-4H3;(H,2,3,4). The van der Waals surface area contributed by atoms with E-state index in [2.05, 4.69) is 43.3 Å². The Morgan fingerprint density at radius 1 is 1.25 bits per heavy atom. The molecule has 0 fully saturated rings. The Balaban J connectivity index is 0.000000640. The summed E-state index contributed by atoms with van der Waals surface area (Å²) in [5.74, 6) is 1.25. The molecule has 0 aliphatic carbocycles. The first kappa shape index (κ1) is 21.5. The molecule has 1 N–H and O–H groups in total. The summed E-state index contributed by atoms with van der Waals surface area (Å²) in [7, 11) is 0. The van der Waals surface area contributed by atoms with Crippen molar-refractivity contribution in [3.8, 4) is 5.88 Å². The lowest BCUT2D eigenvalue weighted by Gasteiger charge is -2.14. The second-order valence-electron chi connectivity index (χ2n) is 6.88. The summed E-state index contributed by atoms with van der Waals surface area (Å²) >= 11 is 5.94. The van der Waals surface area contributed by atoms with Crippen LogP contribution in [-0.4, -0.2) is 19.8 Å². The molecule has 150 valence electrons. The maximum Gasteiger partial charge on any atom is 0.291 e. The molecule has 3 aromatic rings. The minimum Gasteiger partial charge on any atom is -0.471 e. The van der Waals surface area contributed by atoms with Crippen molar-refractivity contribution in [1.29, 1.82) is 0 Å². The van der Waals surface area contributed by atoms with Crippen molar-refractivity contribution in [3.63, 3.8) is 0 Å². The van der Waals surface area contributed by atoms with Crippen molar-refractivity contribution < 1.29 is 15.0 Å². The molecule has 0 bridgehead atoms. The summed E-state index contributed by atoms with van der Waals surface area (Å²) in [6.07, 6.45) is 1.83. The molecule has 0 amide bonds. The lowest BCUT2D eigenvalue weighted by Crippen LogP contribution is -2.08. The molecule has 2 aromatic heterocycles. The third-order valence-electron chi connectivity index (χ3n) is 4.35. The Morgan fingerprint density at radius 2 is 1.86 bits per heavy atom. The maximum absolute atomic E-state index is 8.36. The van der Waals surface area contributed by atoms with Gasteiger partial charge in [-0.2, -0.15) is 0 Å². The van der Waals surface area contributed by atoms with Crippen molar-refractivity contribution in [2.24, 2.45) is 5.92 Å². The number of rotatable bonds is 5. The largest absolute Gasteiger partial charge is 0.471 e. The van der Waals surface area contributed by atoms with Gasteiger partial charge in [-0.1, -0.05) is 37.6 Å². The topological polar surface area (TPSA) is 90.4 Å². The Kier molecular flexibility index (Phi) is 7.23. The Bertz CT molecular complexity index is 948. The van der Waals surface area contributed by atoms with Crippen LogP contribution in [0.3, 0.4) is 0 Å². The van der Waals surface area contributed by atoms with Crippen LogP contribution >= 0.6 is 11.6 Å². The smallest absolute Gasteiger partial charge is 0.291 e. The zero-order valence-electron chi connectivity index (χ0n) is 16.3. The lowest BCUT2D eigenvalue weighted by molar-refractivity contribution is -0.742. The molecule has 0 saturated carbocycles. The molecule has 0 unspecified atom stereocenters.